The van der Waals surface area contributed by atoms with Crippen LogP contribution in [0.1, 0.15) is 96.9 Å². The van der Waals surface area contributed by atoms with Crippen LogP contribution in [0.5, 0.6) is 28.7 Å². The molecule has 32 nitrogen and oxygen atoms in total. The summed E-state index contributed by atoms with van der Waals surface area (Å²) in [7, 11) is 0. The van der Waals surface area contributed by atoms with E-state index in [1.54, 1.807) is 0 Å². The van der Waals surface area contributed by atoms with Crippen LogP contribution in [-0.4, -0.2) is 170 Å². The standard InChI is InChI=1S/C57H64O32/c1-21-45(79-28(8)63)50(89-56-53(84-33(13)68)49(81-30(10)65)44(22(2)73-56)78-27(7)62)52(83-32(12)67)55(72-21)71-20-41-47(80-29(9)64)51(82-31(11)66)54(85-34(14)69)57(87-41)88-48-43(70)42-39(77-26(6)61)18-36(74-23(3)58)19-40(42)86-46(48)35-15-16-37(75-24(4)59)38(17-35)76-25(5)60/h15-19,21-22,41,44-45,47,49-57H,20H2,1-14H3/t21-,22-,41+,44-,45-,47-,49+,50+,51-,52+,53+,54+,55+,56-,57-/m0/s1. The third-order valence-electron chi connectivity index (χ3n) is 12.5. The summed E-state index contributed by atoms with van der Waals surface area (Å²) < 4.78 is 110. The molecular weight excluding hydrogens is 1200 g/mol. The Bertz CT molecular complexity index is 3310. The number of carbonyl (C=O) groups is 12. The minimum Gasteiger partial charge on any atom is -0.457 e. The molecule has 0 saturated carbocycles. The third kappa shape index (κ3) is 18.0. The van der Waals surface area contributed by atoms with Gasteiger partial charge in [-0.15, -0.1) is 0 Å². The van der Waals surface area contributed by atoms with Crippen LogP contribution in [0.15, 0.2) is 39.5 Å². The predicted octanol–water partition coefficient (Wildman–Crippen LogP) is 2.61. The second kappa shape index (κ2) is 29.7. The van der Waals surface area contributed by atoms with Crippen molar-refractivity contribution in [2.45, 2.75) is 189 Å². The summed E-state index contributed by atoms with van der Waals surface area (Å²) in [5.74, 6) is -14.7. The minimum absolute atomic E-state index is 0.214. The minimum atomic E-state index is -2.24. The van der Waals surface area contributed by atoms with E-state index >= 15 is 4.79 Å². The van der Waals surface area contributed by atoms with Crippen molar-refractivity contribution in [3.63, 3.8) is 0 Å². The molecule has 0 bridgehead atoms. The van der Waals surface area contributed by atoms with Crippen LogP contribution in [0.2, 0.25) is 0 Å². The molecule has 0 amide bonds. The van der Waals surface area contributed by atoms with Crippen molar-refractivity contribution < 1.29 is 147 Å². The number of benzene rings is 2. The quantitative estimate of drug-likeness (QED) is 0.0891. The fourth-order valence-electron chi connectivity index (χ4n) is 9.68. The van der Waals surface area contributed by atoms with E-state index in [9.17, 15) is 57.5 Å². The van der Waals surface area contributed by atoms with Crippen LogP contribution >= 0.6 is 0 Å². The fraction of sp³-hybridized carbons (Fsp3) is 0.526. The van der Waals surface area contributed by atoms with Crippen LogP contribution in [0.4, 0.5) is 0 Å². The van der Waals surface area contributed by atoms with Gasteiger partial charge >= 0.3 is 71.6 Å². The molecule has 3 saturated heterocycles. The average molecular weight is 1260 g/mol. The second-order valence-corrected chi connectivity index (χ2v) is 20.0. The summed E-state index contributed by atoms with van der Waals surface area (Å²) in [5, 5.41) is -0.567. The number of hydrogen-bond donors (Lipinski definition) is 0. The van der Waals surface area contributed by atoms with Gasteiger partial charge in [0, 0.05) is 101 Å². The lowest BCUT2D eigenvalue weighted by Crippen LogP contribution is -2.66. The van der Waals surface area contributed by atoms with Gasteiger partial charge in [-0.1, -0.05) is 0 Å². The first-order valence-corrected chi connectivity index (χ1v) is 27.0. The van der Waals surface area contributed by atoms with Crippen LogP contribution < -0.4 is 29.1 Å². The Morgan fingerprint density at radius 1 is 0.404 bits per heavy atom. The van der Waals surface area contributed by atoms with Crippen molar-refractivity contribution in [1.82, 2.24) is 0 Å². The van der Waals surface area contributed by atoms with Gasteiger partial charge in [0.25, 0.3) is 0 Å². The lowest BCUT2D eigenvalue weighted by molar-refractivity contribution is -0.360. The van der Waals surface area contributed by atoms with Crippen molar-refractivity contribution in [3.05, 3.63) is 40.6 Å². The molecule has 3 aliphatic rings. The van der Waals surface area contributed by atoms with Crippen molar-refractivity contribution in [2.24, 2.45) is 0 Å². The Balaban J connectivity index is 1.54. The Morgan fingerprint density at radius 2 is 0.820 bits per heavy atom. The lowest BCUT2D eigenvalue weighted by atomic mass is 9.96. The number of carbonyl (C=O) groups excluding carboxylic acids is 12. The van der Waals surface area contributed by atoms with Crippen molar-refractivity contribution in [1.29, 1.82) is 0 Å². The van der Waals surface area contributed by atoms with E-state index in [0.717, 1.165) is 107 Å². The summed E-state index contributed by atoms with van der Waals surface area (Å²) >= 11 is 0. The predicted molar refractivity (Wildman–Crippen MR) is 286 cm³/mol. The first-order chi connectivity index (χ1) is 41.7. The molecule has 0 unspecified atom stereocenters. The summed E-state index contributed by atoms with van der Waals surface area (Å²) in [5.41, 5.74) is -1.88. The zero-order valence-electron chi connectivity index (χ0n) is 50.3. The normalized spacial score (nSPS) is 26.3. The van der Waals surface area contributed by atoms with Crippen LogP contribution in [0, 0.1) is 0 Å². The number of fused-ring (bicyclic) bond motifs is 1. The van der Waals surface area contributed by atoms with Gasteiger partial charge in [-0.25, -0.2) is 0 Å². The molecule has 4 heterocycles. The molecule has 15 atom stereocenters. The molecule has 3 aliphatic heterocycles. The van der Waals surface area contributed by atoms with Crippen LogP contribution in [0.3, 0.4) is 0 Å². The zero-order chi connectivity index (χ0) is 66.0. The van der Waals surface area contributed by atoms with Gasteiger partial charge < -0.3 is 89.7 Å². The SMILES string of the molecule is CC(=O)Oc1cc(OC(C)=O)c2c(=O)c(O[C@@H]3O[C@H](CO[C@@H]4O[C@@H](C)[C@H](OC(C)=O)[C@@H](O[C@@H]5O[C@@H](C)[C@H](OC(C)=O)[C@@H](OC(C)=O)[C@H]5OC(C)=O)[C@H]4OC(C)=O)[C@H](OC(C)=O)[C@H](OC(C)=O)[C@H]3OC(C)=O)c(-c3ccc(OC(C)=O)c(OC(C)=O)c3)oc2c1. The van der Waals surface area contributed by atoms with Gasteiger partial charge in [-0.2, -0.15) is 0 Å². The maximum Gasteiger partial charge on any atom is 0.308 e. The Hall–Kier alpha value is -9.11. The van der Waals surface area contributed by atoms with E-state index in [-0.39, 0.29) is 17.1 Å². The molecule has 2 aromatic carbocycles. The lowest BCUT2D eigenvalue weighted by Gasteiger charge is -2.48. The number of ether oxygens (including phenoxy) is 18. The summed E-state index contributed by atoms with van der Waals surface area (Å²) in [4.78, 5) is 167. The van der Waals surface area contributed by atoms with E-state index in [0.29, 0.717) is 0 Å². The van der Waals surface area contributed by atoms with Gasteiger partial charge in [-0.05, 0) is 32.0 Å². The molecule has 1 aromatic heterocycles. The van der Waals surface area contributed by atoms with Gasteiger partial charge in [0.05, 0.1) is 18.8 Å². The molecule has 3 aromatic rings. The molecule has 32 heteroatoms. The third-order valence-corrected chi connectivity index (χ3v) is 12.5. The summed E-state index contributed by atoms with van der Waals surface area (Å²) in [6.45, 7) is 13.8. The second-order valence-electron chi connectivity index (χ2n) is 20.0. The number of rotatable bonds is 20. The maximum atomic E-state index is 15.3. The number of hydrogen-bond acceptors (Lipinski definition) is 32. The highest BCUT2D eigenvalue weighted by atomic mass is 16.8. The molecule has 0 radical (unpaired) electrons. The molecule has 0 aliphatic carbocycles. The van der Waals surface area contributed by atoms with Crippen molar-refractivity contribution in [3.8, 4) is 40.1 Å². The average Bonchev–Trinajstić information content (AvgIpc) is 0.803. The first kappa shape index (κ1) is 69.0. The van der Waals surface area contributed by atoms with Gasteiger partial charge in [0.2, 0.25) is 23.6 Å². The Kier molecular flexibility index (Phi) is 23.0. The maximum absolute atomic E-state index is 15.3. The van der Waals surface area contributed by atoms with E-state index in [1.807, 2.05) is 0 Å². The monoisotopic (exact) mass is 1260 g/mol. The molecule has 3 fully saturated rings. The molecule has 6 rings (SSSR count). The van der Waals surface area contributed by atoms with Crippen LogP contribution in [-0.2, 0) is 119 Å². The Labute approximate surface area is 504 Å². The topological polar surface area (TPSA) is 401 Å². The van der Waals surface area contributed by atoms with E-state index in [4.69, 9.17) is 89.7 Å². The molecule has 0 spiro atoms. The molecule has 0 N–H and O–H groups in total. The molecular formula is C57H64O32. The van der Waals surface area contributed by atoms with Crippen LogP contribution in [0.25, 0.3) is 22.3 Å². The summed E-state index contributed by atoms with van der Waals surface area (Å²) in [6, 6.07) is 5.47. The van der Waals surface area contributed by atoms with E-state index in [2.05, 4.69) is 0 Å². The van der Waals surface area contributed by atoms with Gasteiger partial charge in [0.15, 0.2) is 72.6 Å². The zero-order valence-corrected chi connectivity index (χ0v) is 50.3. The highest BCUT2D eigenvalue weighted by molar-refractivity contribution is 5.91. The smallest absolute Gasteiger partial charge is 0.308 e. The fourth-order valence-corrected chi connectivity index (χ4v) is 9.68. The first-order valence-electron chi connectivity index (χ1n) is 27.0. The summed E-state index contributed by atoms with van der Waals surface area (Å²) in [6.07, 6.45) is -26.3. The van der Waals surface area contributed by atoms with Gasteiger partial charge in [0.1, 0.15) is 34.7 Å². The van der Waals surface area contributed by atoms with E-state index in [1.165, 1.54) is 19.9 Å². The van der Waals surface area contributed by atoms with Crippen molar-refractivity contribution in [2.75, 3.05) is 6.61 Å². The highest BCUT2D eigenvalue weighted by Gasteiger charge is 2.58. The van der Waals surface area contributed by atoms with E-state index < -0.39 is 210 Å². The highest BCUT2D eigenvalue weighted by Crippen LogP contribution is 2.43. The molecule has 484 valence electrons. The van der Waals surface area contributed by atoms with Gasteiger partial charge in [-0.3, -0.25) is 62.3 Å². The Morgan fingerprint density at radius 3 is 1.33 bits per heavy atom. The largest absolute Gasteiger partial charge is 0.457 e. The molecule has 89 heavy (non-hydrogen) atoms. The van der Waals surface area contributed by atoms with Crippen molar-refractivity contribution >= 4 is 82.6 Å². The number of esters is 12.